The summed E-state index contributed by atoms with van der Waals surface area (Å²) >= 11 is 0. The standard InChI is InChI=1S/C14H20F3N/c1-4-6-18-14(9(3)5-2)10-7-12(16)13(17)8-11(10)15/h7-9,14,18H,4-6H2,1-3H3. The second-order valence-electron chi connectivity index (χ2n) is 4.61. The highest BCUT2D eigenvalue weighted by atomic mass is 19.2. The largest absolute Gasteiger partial charge is 0.310 e. The van der Waals surface area contributed by atoms with Crippen LogP contribution in [0.3, 0.4) is 0 Å². The van der Waals surface area contributed by atoms with E-state index in [0.717, 1.165) is 18.9 Å². The molecule has 0 radical (unpaired) electrons. The molecule has 0 aliphatic carbocycles. The molecule has 0 aliphatic rings. The first-order chi connectivity index (χ1) is 8.51. The van der Waals surface area contributed by atoms with Gasteiger partial charge < -0.3 is 5.32 Å². The Balaban J connectivity index is 3.07. The molecule has 0 amide bonds. The number of nitrogens with one attached hydrogen (secondary N) is 1. The van der Waals surface area contributed by atoms with Gasteiger partial charge in [-0.05, 0) is 24.9 Å². The van der Waals surface area contributed by atoms with Crippen LogP contribution in [0.5, 0.6) is 0 Å². The Morgan fingerprint density at radius 2 is 1.67 bits per heavy atom. The molecule has 0 spiro atoms. The molecule has 102 valence electrons. The quantitative estimate of drug-likeness (QED) is 0.755. The summed E-state index contributed by atoms with van der Waals surface area (Å²) in [5, 5.41) is 3.19. The normalized spacial score (nSPS) is 14.6. The van der Waals surface area contributed by atoms with Crippen LogP contribution < -0.4 is 5.32 Å². The summed E-state index contributed by atoms with van der Waals surface area (Å²) in [6.07, 6.45) is 1.73. The number of benzene rings is 1. The predicted octanol–water partition coefficient (Wildman–Crippen LogP) is 4.19. The minimum absolute atomic E-state index is 0.149. The third-order valence-corrected chi connectivity index (χ3v) is 3.20. The maximum absolute atomic E-state index is 13.8. The van der Waals surface area contributed by atoms with Crippen molar-refractivity contribution in [3.8, 4) is 0 Å². The summed E-state index contributed by atoms with van der Waals surface area (Å²) < 4.78 is 39.9. The number of rotatable bonds is 6. The first kappa shape index (κ1) is 15.0. The molecule has 0 fully saturated rings. The third kappa shape index (κ3) is 3.48. The fourth-order valence-corrected chi connectivity index (χ4v) is 1.93. The molecule has 4 heteroatoms. The highest BCUT2D eigenvalue weighted by molar-refractivity contribution is 5.24. The van der Waals surface area contributed by atoms with Crippen LogP contribution in [0.2, 0.25) is 0 Å². The van der Waals surface area contributed by atoms with Gasteiger partial charge in [0.05, 0.1) is 0 Å². The van der Waals surface area contributed by atoms with Crippen molar-refractivity contribution in [2.45, 2.75) is 39.7 Å². The van der Waals surface area contributed by atoms with E-state index < -0.39 is 17.5 Å². The average molecular weight is 259 g/mol. The molecule has 0 saturated carbocycles. The van der Waals surface area contributed by atoms with Crippen molar-refractivity contribution in [1.82, 2.24) is 5.32 Å². The molecular weight excluding hydrogens is 239 g/mol. The van der Waals surface area contributed by atoms with Crippen LogP contribution in [0.4, 0.5) is 13.2 Å². The molecule has 2 atom stereocenters. The Kier molecular flexibility index (Phi) is 5.66. The molecule has 0 bridgehead atoms. The van der Waals surface area contributed by atoms with Gasteiger partial charge in [0.2, 0.25) is 0 Å². The lowest BCUT2D eigenvalue weighted by atomic mass is 9.92. The van der Waals surface area contributed by atoms with Crippen molar-refractivity contribution in [2.75, 3.05) is 6.54 Å². The molecule has 0 aromatic heterocycles. The fourth-order valence-electron chi connectivity index (χ4n) is 1.93. The molecule has 1 nitrogen and oxygen atoms in total. The third-order valence-electron chi connectivity index (χ3n) is 3.20. The monoisotopic (exact) mass is 259 g/mol. The van der Waals surface area contributed by atoms with Crippen molar-refractivity contribution < 1.29 is 13.2 Å². The van der Waals surface area contributed by atoms with Crippen LogP contribution in [-0.4, -0.2) is 6.54 Å². The molecular formula is C14H20F3N. The van der Waals surface area contributed by atoms with Gasteiger partial charge in [-0.15, -0.1) is 0 Å². The summed E-state index contributed by atoms with van der Waals surface area (Å²) in [7, 11) is 0. The Bertz CT molecular complexity index is 393. The molecule has 18 heavy (non-hydrogen) atoms. The van der Waals surface area contributed by atoms with Crippen LogP contribution in [-0.2, 0) is 0 Å². The Hall–Kier alpha value is -1.03. The molecule has 0 saturated heterocycles. The van der Waals surface area contributed by atoms with Crippen molar-refractivity contribution in [3.63, 3.8) is 0 Å². The van der Waals surface area contributed by atoms with Gasteiger partial charge in [-0.25, -0.2) is 13.2 Å². The highest BCUT2D eigenvalue weighted by Gasteiger charge is 2.22. The smallest absolute Gasteiger partial charge is 0.161 e. The number of hydrogen-bond donors (Lipinski definition) is 1. The Labute approximate surface area is 106 Å². The Morgan fingerprint density at radius 1 is 1.06 bits per heavy atom. The Morgan fingerprint density at radius 3 is 2.22 bits per heavy atom. The molecule has 0 aliphatic heterocycles. The van der Waals surface area contributed by atoms with Gasteiger partial charge in [0.15, 0.2) is 11.6 Å². The van der Waals surface area contributed by atoms with Crippen LogP contribution in [0.15, 0.2) is 12.1 Å². The van der Waals surface area contributed by atoms with Crippen molar-refractivity contribution in [3.05, 3.63) is 35.1 Å². The first-order valence-electron chi connectivity index (χ1n) is 6.39. The SMILES string of the molecule is CCCNC(c1cc(F)c(F)cc1F)C(C)CC. The lowest BCUT2D eigenvalue weighted by Crippen LogP contribution is -2.28. The molecule has 2 unspecified atom stereocenters. The van der Waals surface area contributed by atoms with Crippen molar-refractivity contribution in [2.24, 2.45) is 5.92 Å². The topological polar surface area (TPSA) is 12.0 Å². The van der Waals surface area contributed by atoms with E-state index in [2.05, 4.69) is 5.32 Å². The van der Waals surface area contributed by atoms with Gasteiger partial charge in [0.1, 0.15) is 5.82 Å². The van der Waals surface area contributed by atoms with Gasteiger partial charge >= 0.3 is 0 Å². The van der Waals surface area contributed by atoms with Gasteiger partial charge in [0, 0.05) is 17.7 Å². The summed E-state index contributed by atoms with van der Waals surface area (Å²) in [6.45, 7) is 6.67. The summed E-state index contributed by atoms with van der Waals surface area (Å²) in [5.41, 5.74) is 0.205. The predicted molar refractivity (Wildman–Crippen MR) is 66.8 cm³/mol. The average Bonchev–Trinajstić information content (AvgIpc) is 2.35. The van der Waals surface area contributed by atoms with Gasteiger partial charge in [-0.3, -0.25) is 0 Å². The maximum Gasteiger partial charge on any atom is 0.161 e. The van der Waals surface area contributed by atoms with E-state index in [1.165, 1.54) is 0 Å². The van der Waals surface area contributed by atoms with Crippen LogP contribution in [0.1, 0.15) is 45.2 Å². The lowest BCUT2D eigenvalue weighted by molar-refractivity contribution is 0.361. The molecule has 1 aromatic rings. The van der Waals surface area contributed by atoms with E-state index in [0.29, 0.717) is 12.6 Å². The van der Waals surface area contributed by atoms with E-state index in [-0.39, 0.29) is 17.5 Å². The zero-order chi connectivity index (χ0) is 13.7. The van der Waals surface area contributed by atoms with Gasteiger partial charge in [-0.2, -0.15) is 0 Å². The summed E-state index contributed by atoms with van der Waals surface area (Å²) in [4.78, 5) is 0. The molecule has 1 aromatic carbocycles. The zero-order valence-corrected chi connectivity index (χ0v) is 11.1. The highest BCUT2D eigenvalue weighted by Crippen LogP contribution is 2.28. The lowest BCUT2D eigenvalue weighted by Gasteiger charge is -2.25. The number of hydrogen-bond acceptors (Lipinski definition) is 1. The van der Waals surface area contributed by atoms with Crippen molar-refractivity contribution in [1.29, 1.82) is 0 Å². The first-order valence-corrected chi connectivity index (χ1v) is 6.39. The molecule has 1 N–H and O–H groups in total. The van der Waals surface area contributed by atoms with E-state index in [1.54, 1.807) is 0 Å². The van der Waals surface area contributed by atoms with Crippen molar-refractivity contribution >= 4 is 0 Å². The van der Waals surface area contributed by atoms with E-state index in [4.69, 9.17) is 0 Å². The zero-order valence-electron chi connectivity index (χ0n) is 11.1. The maximum atomic E-state index is 13.8. The van der Waals surface area contributed by atoms with Crippen LogP contribution in [0.25, 0.3) is 0 Å². The second kappa shape index (κ2) is 6.78. The second-order valence-corrected chi connectivity index (χ2v) is 4.61. The van der Waals surface area contributed by atoms with Crippen LogP contribution in [0, 0.1) is 23.4 Å². The molecule has 1 rings (SSSR count). The minimum Gasteiger partial charge on any atom is -0.310 e. The molecule has 0 heterocycles. The van der Waals surface area contributed by atoms with E-state index in [9.17, 15) is 13.2 Å². The summed E-state index contributed by atoms with van der Waals surface area (Å²) in [6, 6.07) is 1.29. The van der Waals surface area contributed by atoms with Gasteiger partial charge in [-0.1, -0.05) is 27.2 Å². The fraction of sp³-hybridized carbons (Fsp3) is 0.571. The van der Waals surface area contributed by atoms with E-state index >= 15 is 0 Å². The minimum atomic E-state index is -1.14. The van der Waals surface area contributed by atoms with Gasteiger partial charge in [0.25, 0.3) is 0 Å². The van der Waals surface area contributed by atoms with Crippen LogP contribution >= 0.6 is 0 Å². The summed E-state index contributed by atoms with van der Waals surface area (Å²) in [5.74, 6) is -2.69. The van der Waals surface area contributed by atoms with E-state index in [1.807, 2.05) is 20.8 Å². The number of halogens is 3.